The molecule has 0 saturated carbocycles. The van der Waals surface area contributed by atoms with Crippen LogP contribution in [-0.4, -0.2) is 11.7 Å². The molecule has 20 heavy (non-hydrogen) atoms. The Morgan fingerprint density at radius 3 is 2.60 bits per heavy atom. The molecule has 0 aliphatic carbocycles. The third kappa shape index (κ3) is 4.44. The minimum absolute atomic E-state index is 0.101. The van der Waals surface area contributed by atoms with Gasteiger partial charge in [-0.1, -0.05) is 27.5 Å². The van der Waals surface area contributed by atoms with E-state index in [4.69, 9.17) is 17.3 Å². The van der Waals surface area contributed by atoms with Crippen molar-refractivity contribution in [1.82, 2.24) is 0 Å². The molecule has 0 aliphatic heterocycles. The highest BCUT2D eigenvalue weighted by Crippen LogP contribution is 2.26. The molecular formula is C14H12BrClN2OS. The Morgan fingerprint density at radius 2 is 1.95 bits per heavy atom. The highest BCUT2D eigenvalue weighted by molar-refractivity contribution is 9.10. The summed E-state index contributed by atoms with van der Waals surface area (Å²) < 4.78 is 0.872. The van der Waals surface area contributed by atoms with Gasteiger partial charge in [0, 0.05) is 15.1 Å². The first-order chi connectivity index (χ1) is 9.54. The van der Waals surface area contributed by atoms with Crippen molar-refractivity contribution in [1.29, 1.82) is 0 Å². The molecule has 6 heteroatoms. The summed E-state index contributed by atoms with van der Waals surface area (Å²) in [5.74, 6) is 0.215. The third-order valence-electron chi connectivity index (χ3n) is 2.46. The molecule has 0 fully saturated rings. The normalized spacial score (nSPS) is 10.3. The number of thioether (sulfide) groups is 1. The van der Waals surface area contributed by atoms with E-state index >= 15 is 0 Å². The first-order valence-electron chi connectivity index (χ1n) is 5.78. The molecule has 3 nitrogen and oxygen atoms in total. The van der Waals surface area contributed by atoms with Gasteiger partial charge in [-0.3, -0.25) is 4.79 Å². The van der Waals surface area contributed by atoms with Gasteiger partial charge in [-0.2, -0.15) is 0 Å². The monoisotopic (exact) mass is 370 g/mol. The molecule has 0 saturated heterocycles. The van der Waals surface area contributed by atoms with Gasteiger partial charge in [0.15, 0.2) is 0 Å². The number of nitrogens with one attached hydrogen (secondary N) is 1. The first-order valence-corrected chi connectivity index (χ1v) is 7.93. The van der Waals surface area contributed by atoms with E-state index in [1.165, 1.54) is 11.8 Å². The fourth-order valence-corrected chi connectivity index (χ4v) is 2.91. The van der Waals surface area contributed by atoms with Crippen molar-refractivity contribution in [2.75, 3.05) is 16.8 Å². The number of hydrogen-bond acceptors (Lipinski definition) is 3. The van der Waals surface area contributed by atoms with Crippen molar-refractivity contribution >= 4 is 56.6 Å². The standard InChI is InChI=1S/C14H12BrClN2OS/c15-9-1-6-13(12(16)7-9)18-14(19)8-20-11-4-2-10(17)3-5-11/h1-7H,8,17H2,(H,18,19). The summed E-state index contributed by atoms with van der Waals surface area (Å²) in [6.07, 6.45) is 0. The zero-order chi connectivity index (χ0) is 14.5. The second kappa shape index (κ2) is 7.02. The Kier molecular flexibility index (Phi) is 5.34. The van der Waals surface area contributed by atoms with Gasteiger partial charge in [0.25, 0.3) is 0 Å². The van der Waals surface area contributed by atoms with Gasteiger partial charge in [-0.05, 0) is 42.5 Å². The maximum absolute atomic E-state index is 11.9. The number of anilines is 2. The summed E-state index contributed by atoms with van der Waals surface area (Å²) in [5.41, 5.74) is 6.92. The number of carbonyl (C=O) groups is 1. The smallest absolute Gasteiger partial charge is 0.234 e. The molecule has 104 valence electrons. The zero-order valence-electron chi connectivity index (χ0n) is 10.4. The lowest BCUT2D eigenvalue weighted by Gasteiger charge is -2.07. The second-order valence-electron chi connectivity index (χ2n) is 4.03. The van der Waals surface area contributed by atoms with E-state index in [9.17, 15) is 4.79 Å². The topological polar surface area (TPSA) is 55.1 Å². The molecule has 0 heterocycles. The summed E-state index contributed by atoms with van der Waals surface area (Å²) in [7, 11) is 0. The van der Waals surface area contributed by atoms with Crippen LogP contribution in [-0.2, 0) is 4.79 Å². The Morgan fingerprint density at radius 1 is 1.25 bits per heavy atom. The molecule has 0 spiro atoms. The number of carbonyl (C=O) groups excluding carboxylic acids is 1. The Bertz CT molecular complexity index is 619. The lowest BCUT2D eigenvalue weighted by atomic mass is 10.3. The molecule has 2 rings (SSSR count). The Labute approximate surface area is 135 Å². The van der Waals surface area contributed by atoms with Crippen molar-refractivity contribution in [3.63, 3.8) is 0 Å². The number of nitrogen functional groups attached to an aromatic ring is 1. The van der Waals surface area contributed by atoms with Gasteiger partial charge < -0.3 is 11.1 Å². The van der Waals surface area contributed by atoms with Crippen molar-refractivity contribution in [3.05, 3.63) is 52.0 Å². The molecule has 0 atom stereocenters. The minimum atomic E-state index is -0.101. The van der Waals surface area contributed by atoms with Gasteiger partial charge in [0.2, 0.25) is 5.91 Å². The van der Waals surface area contributed by atoms with E-state index in [0.29, 0.717) is 22.2 Å². The van der Waals surface area contributed by atoms with E-state index in [1.807, 2.05) is 30.3 Å². The molecule has 0 aromatic heterocycles. The molecule has 2 aromatic carbocycles. The summed E-state index contributed by atoms with van der Waals surface area (Å²) in [4.78, 5) is 12.9. The van der Waals surface area contributed by atoms with Crippen LogP contribution in [0.2, 0.25) is 5.02 Å². The second-order valence-corrected chi connectivity index (χ2v) is 6.40. The Hall–Kier alpha value is -1.17. The average molecular weight is 372 g/mol. The van der Waals surface area contributed by atoms with Crippen LogP contribution in [0.5, 0.6) is 0 Å². The quantitative estimate of drug-likeness (QED) is 0.618. The van der Waals surface area contributed by atoms with Gasteiger partial charge in [0.1, 0.15) is 0 Å². The van der Waals surface area contributed by atoms with Crippen LogP contribution in [0.3, 0.4) is 0 Å². The number of rotatable bonds is 4. The number of amides is 1. The van der Waals surface area contributed by atoms with Crippen molar-refractivity contribution < 1.29 is 4.79 Å². The highest BCUT2D eigenvalue weighted by Gasteiger charge is 2.07. The lowest BCUT2D eigenvalue weighted by Crippen LogP contribution is -2.14. The van der Waals surface area contributed by atoms with Crippen LogP contribution in [0.1, 0.15) is 0 Å². The molecule has 0 unspecified atom stereocenters. The van der Waals surface area contributed by atoms with Gasteiger partial charge in [-0.25, -0.2) is 0 Å². The van der Waals surface area contributed by atoms with E-state index in [-0.39, 0.29) is 5.91 Å². The first kappa shape index (κ1) is 15.2. The molecule has 3 N–H and O–H groups in total. The minimum Gasteiger partial charge on any atom is -0.399 e. The number of nitrogens with two attached hydrogens (primary N) is 1. The molecule has 2 aromatic rings. The highest BCUT2D eigenvalue weighted by atomic mass is 79.9. The number of hydrogen-bond donors (Lipinski definition) is 2. The van der Waals surface area contributed by atoms with Crippen LogP contribution in [0, 0.1) is 0 Å². The summed E-state index contributed by atoms with van der Waals surface area (Å²) >= 11 is 10.8. The fraction of sp³-hybridized carbons (Fsp3) is 0.0714. The predicted molar refractivity (Wildman–Crippen MR) is 89.4 cm³/mol. The Balaban J connectivity index is 1.90. The maximum atomic E-state index is 11.9. The van der Waals surface area contributed by atoms with Crippen molar-refractivity contribution in [2.45, 2.75) is 4.90 Å². The maximum Gasteiger partial charge on any atom is 0.234 e. The van der Waals surface area contributed by atoms with Crippen LogP contribution >= 0.6 is 39.3 Å². The lowest BCUT2D eigenvalue weighted by molar-refractivity contribution is -0.113. The van der Waals surface area contributed by atoms with Gasteiger partial charge >= 0.3 is 0 Å². The summed E-state index contributed by atoms with van der Waals surface area (Å²) in [6.45, 7) is 0. The molecule has 0 radical (unpaired) electrons. The summed E-state index contributed by atoms with van der Waals surface area (Å²) in [6, 6.07) is 12.7. The summed E-state index contributed by atoms with van der Waals surface area (Å²) in [5, 5.41) is 3.29. The number of halogens is 2. The average Bonchev–Trinajstić information content (AvgIpc) is 2.41. The molecule has 0 aliphatic rings. The van der Waals surface area contributed by atoms with Gasteiger partial charge in [0.05, 0.1) is 16.5 Å². The predicted octanol–water partition coefficient (Wildman–Crippen LogP) is 4.42. The largest absolute Gasteiger partial charge is 0.399 e. The van der Waals surface area contributed by atoms with Crippen LogP contribution in [0.25, 0.3) is 0 Å². The van der Waals surface area contributed by atoms with Crippen LogP contribution in [0.4, 0.5) is 11.4 Å². The molecular weight excluding hydrogens is 360 g/mol. The van der Waals surface area contributed by atoms with E-state index < -0.39 is 0 Å². The van der Waals surface area contributed by atoms with Crippen LogP contribution in [0.15, 0.2) is 51.8 Å². The molecule has 0 bridgehead atoms. The number of benzene rings is 2. The van der Waals surface area contributed by atoms with E-state index in [1.54, 1.807) is 12.1 Å². The third-order valence-corrected chi connectivity index (χ3v) is 4.27. The van der Waals surface area contributed by atoms with Gasteiger partial charge in [-0.15, -0.1) is 11.8 Å². The zero-order valence-corrected chi connectivity index (χ0v) is 13.6. The van der Waals surface area contributed by atoms with Crippen molar-refractivity contribution in [3.8, 4) is 0 Å². The molecule has 1 amide bonds. The van der Waals surface area contributed by atoms with E-state index in [2.05, 4.69) is 21.2 Å². The van der Waals surface area contributed by atoms with Crippen LogP contribution < -0.4 is 11.1 Å². The SMILES string of the molecule is Nc1ccc(SCC(=O)Nc2ccc(Br)cc2Cl)cc1. The van der Waals surface area contributed by atoms with Crippen molar-refractivity contribution in [2.24, 2.45) is 0 Å². The fourth-order valence-electron chi connectivity index (χ4n) is 1.49. The van der Waals surface area contributed by atoms with E-state index in [0.717, 1.165) is 9.37 Å².